The van der Waals surface area contributed by atoms with Gasteiger partial charge in [-0.3, -0.25) is 4.79 Å². The van der Waals surface area contributed by atoms with Crippen molar-refractivity contribution in [3.8, 4) is 0 Å². The molecule has 1 heterocycles. The summed E-state index contributed by atoms with van der Waals surface area (Å²) in [4.78, 5) is 26.6. The Hall–Kier alpha value is -1.36. The van der Waals surface area contributed by atoms with Gasteiger partial charge in [0.1, 0.15) is 4.88 Å². The van der Waals surface area contributed by atoms with Gasteiger partial charge in [-0.05, 0) is 56.1 Å². The number of aryl methyl sites for hydroxylation is 2. The van der Waals surface area contributed by atoms with Crippen LogP contribution in [-0.4, -0.2) is 24.0 Å². The van der Waals surface area contributed by atoms with Crippen molar-refractivity contribution in [1.82, 2.24) is 5.32 Å². The van der Waals surface area contributed by atoms with E-state index < -0.39 is 6.10 Å². The Morgan fingerprint density at radius 1 is 1.25 bits per heavy atom. The molecular weight excluding hydrogens is 322 g/mol. The van der Waals surface area contributed by atoms with Gasteiger partial charge in [0.25, 0.3) is 5.91 Å². The number of nitrogens with one attached hydrogen (secondary N) is 1. The summed E-state index contributed by atoms with van der Waals surface area (Å²) in [7, 11) is 0. The second-order valence-corrected chi connectivity index (χ2v) is 8.48. The third kappa shape index (κ3) is 3.66. The van der Waals surface area contributed by atoms with Crippen LogP contribution in [-0.2, 0) is 22.4 Å². The number of carbonyl (C=O) groups is 2. The summed E-state index contributed by atoms with van der Waals surface area (Å²) in [6.45, 7) is 6.09. The smallest absolute Gasteiger partial charge is 0.349 e. The predicted octanol–water partition coefficient (Wildman–Crippen LogP) is 3.72. The van der Waals surface area contributed by atoms with Gasteiger partial charge in [0.05, 0.1) is 0 Å². The molecule has 24 heavy (non-hydrogen) atoms. The molecule has 132 valence electrons. The standard InChI is InChI=1S/C19H27NO3S/c1-11-6-4-8-15(12(11)2)20-18(21)13(3)23-19(22)17-10-14-7-5-9-16(14)24-17/h10-13,15H,4-9H2,1-3H3,(H,20,21)/t11-,12-,13-,15+/m1/s1. The molecular formula is C19H27NO3S. The Bertz CT molecular complexity index is 603. The van der Waals surface area contributed by atoms with Gasteiger partial charge in [0.2, 0.25) is 0 Å². The molecule has 0 spiro atoms. The molecule has 0 radical (unpaired) electrons. The average Bonchev–Trinajstić information content (AvgIpc) is 3.13. The molecule has 0 aliphatic heterocycles. The molecule has 1 aromatic rings. The van der Waals surface area contributed by atoms with Crippen LogP contribution < -0.4 is 5.32 Å². The number of carbonyl (C=O) groups excluding carboxylic acids is 2. The molecule has 1 aromatic heterocycles. The van der Waals surface area contributed by atoms with Crippen LogP contribution in [0.4, 0.5) is 0 Å². The third-order valence-corrected chi connectivity index (χ3v) is 6.85. The SMILES string of the molecule is C[C@@H]1[C@H](C)CCC[C@@H]1NC(=O)[C@@H](C)OC(=O)c1cc2c(s1)CCC2. The van der Waals surface area contributed by atoms with Gasteiger partial charge in [-0.2, -0.15) is 0 Å². The normalized spacial score (nSPS) is 27.4. The molecule has 0 saturated heterocycles. The van der Waals surface area contributed by atoms with Gasteiger partial charge in [0.15, 0.2) is 6.10 Å². The first-order valence-corrected chi connectivity index (χ1v) is 9.90. The van der Waals surface area contributed by atoms with E-state index in [-0.39, 0.29) is 17.9 Å². The lowest BCUT2D eigenvalue weighted by Gasteiger charge is -2.35. The molecule has 3 rings (SSSR count). The van der Waals surface area contributed by atoms with Crippen molar-refractivity contribution >= 4 is 23.2 Å². The van der Waals surface area contributed by atoms with E-state index in [1.807, 2.05) is 6.07 Å². The van der Waals surface area contributed by atoms with E-state index in [2.05, 4.69) is 19.2 Å². The highest BCUT2D eigenvalue weighted by Crippen LogP contribution is 2.31. The van der Waals surface area contributed by atoms with Crippen LogP contribution in [0.2, 0.25) is 0 Å². The van der Waals surface area contributed by atoms with Crippen LogP contribution in [0, 0.1) is 11.8 Å². The number of fused-ring (bicyclic) bond motifs is 1. The van der Waals surface area contributed by atoms with Crippen LogP contribution in [0.1, 0.15) is 66.6 Å². The van der Waals surface area contributed by atoms with Crippen LogP contribution in [0.15, 0.2) is 6.07 Å². The van der Waals surface area contributed by atoms with E-state index >= 15 is 0 Å². The Morgan fingerprint density at radius 2 is 2.04 bits per heavy atom. The number of ether oxygens (including phenoxy) is 1. The maximum Gasteiger partial charge on any atom is 0.349 e. The molecule has 4 nitrogen and oxygen atoms in total. The topological polar surface area (TPSA) is 55.4 Å². The van der Waals surface area contributed by atoms with Crippen LogP contribution in [0.5, 0.6) is 0 Å². The highest BCUT2D eigenvalue weighted by Gasteiger charge is 2.30. The second kappa shape index (κ2) is 7.26. The summed E-state index contributed by atoms with van der Waals surface area (Å²) in [5, 5.41) is 3.08. The molecule has 5 heteroatoms. The quantitative estimate of drug-likeness (QED) is 0.843. The van der Waals surface area contributed by atoms with Gasteiger partial charge in [0, 0.05) is 10.9 Å². The molecule has 2 aliphatic carbocycles. The first-order chi connectivity index (χ1) is 11.5. The first kappa shape index (κ1) is 17.5. The molecule has 4 atom stereocenters. The van der Waals surface area contributed by atoms with Crippen LogP contribution in [0.25, 0.3) is 0 Å². The van der Waals surface area contributed by atoms with Crippen molar-refractivity contribution in [3.63, 3.8) is 0 Å². The zero-order valence-corrected chi connectivity index (χ0v) is 15.6. The molecule has 1 N–H and O–H groups in total. The van der Waals surface area contributed by atoms with Crippen LogP contribution in [0.3, 0.4) is 0 Å². The lowest BCUT2D eigenvalue weighted by molar-refractivity contribution is -0.130. The van der Waals surface area contributed by atoms with E-state index in [1.165, 1.54) is 34.6 Å². The Labute approximate surface area is 148 Å². The monoisotopic (exact) mass is 349 g/mol. The van der Waals surface area contributed by atoms with E-state index in [0.29, 0.717) is 16.7 Å². The van der Waals surface area contributed by atoms with Crippen molar-refractivity contribution in [2.24, 2.45) is 11.8 Å². The summed E-state index contributed by atoms with van der Waals surface area (Å²) in [5.41, 5.74) is 1.27. The first-order valence-electron chi connectivity index (χ1n) is 9.08. The van der Waals surface area contributed by atoms with Gasteiger partial charge in [-0.25, -0.2) is 4.79 Å². The molecule has 1 saturated carbocycles. The summed E-state index contributed by atoms with van der Waals surface area (Å²) in [6, 6.07) is 2.12. The fourth-order valence-electron chi connectivity index (χ4n) is 3.79. The highest BCUT2D eigenvalue weighted by molar-refractivity contribution is 7.14. The minimum Gasteiger partial charge on any atom is -0.448 e. The van der Waals surface area contributed by atoms with Gasteiger partial charge in [-0.15, -0.1) is 11.3 Å². The molecule has 0 bridgehead atoms. The van der Waals surface area contributed by atoms with Crippen LogP contribution >= 0.6 is 11.3 Å². The minimum atomic E-state index is -0.751. The van der Waals surface area contributed by atoms with E-state index in [4.69, 9.17) is 4.74 Å². The fraction of sp³-hybridized carbons (Fsp3) is 0.684. The number of amides is 1. The number of rotatable bonds is 4. The van der Waals surface area contributed by atoms with Crippen molar-refractivity contribution in [2.75, 3.05) is 0 Å². The lowest BCUT2D eigenvalue weighted by atomic mass is 9.78. The molecule has 1 fully saturated rings. The number of hydrogen-bond donors (Lipinski definition) is 1. The number of thiophene rings is 1. The summed E-state index contributed by atoms with van der Waals surface area (Å²) in [6.07, 6.45) is 5.91. The van der Waals surface area contributed by atoms with Gasteiger partial charge >= 0.3 is 5.97 Å². The summed E-state index contributed by atoms with van der Waals surface area (Å²) in [5.74, 6) is 0.529. The van der Waals surface area contributed by atoms with E-state index in [0.717, 1.165) is 25.7 Å². The second-order valence-electron chi connectivity index (χ2n) is 7.34. The average molecular weight is 349 g/mol. The predicted molar refractivity (Wildman–Crippen MR) is 95.3 cm³/mol. The highest BCUT2D eigenvalue weighted by atomic mass is 32.1. The zero-order valence-electron chi connectivity index (χ0n) is 14.8. The number of hydrogen-bond acceptors (Lipinski definition) is 4. The van der Waals surface area contributed by atoms with Gasteiger partial charge < -0.3 is 10.1 Å². The Kier molecular flexibility index (Phi) is 5.28. The summed E-state index contributed by atoms with van der Waals surface area (Å²) < 4.78 is 5.40. The maximum atomic E-state index is 12.4. The van der Waals surface area contributed by atoms with Crippen molar-refractivity contribution in [1.29, 1.82) is 0 Å². The molecule has 0 aromatic carbocycles. The Balaban J connectivity index is 1.54. The van der Waals surface area contributed by atoms with Crippen molar-refractivity contribution < 1.29 is 14.3 Å². The fourth-order valence-corrected chi connectivity index (χ4v) is 4.92. The summed E-state index contributed by atoms with van der Waals surface area (Å²) >= 11 is 1.51. The van der Waals surface area contributed by atoms with E-state index in [9.17, 15) is 9.59 Å². The largest absolute Gasteiger partial charge is 0.448 e. The zero-order chi connectivity index (χ0) is 17.3. The molecule has 1 amide bonds. The molecule has 2 aliphatic rings. The minimum absolute atomic E-state index is 0.182. The van der Waals surface area contributed by atoms with Crippen molar-refractivity contribution in [3.05, 3.63) is 21.4 Å². The third-order valence-electron chi connectivity index (χ3n) is 5.64. The Morgan fingerprint density at radius 3 is 2.79 bits per heavy atom. The van der Waals surface area contributed by atoms with Gasteiger partial charge in [-0.1, -0.05) is 26.7 Å². The van der Waals surface area contributed by atoms with Crippen molar-refractivity contribution in [2.45, 2.75) is 71.4 Å². The molecule has 0 unspecified atom stereocenters. The lowest BCUT2D eigenvalue weighted by Crippen LogP contribution is -2.47. The maximum absolute atomic E-state index is 12.4. The van der Waals surface area contributed by atoms with E-state index in [1.54, 1.807) is 6.92 Å². The number of esters is 1.